The predicted molar refractivity (Wildman–Crippen MR) is 123 cm³/mol. The van der Waals surface area contributed by atoms with E-state index in [1.807, 2.05) is 0 Å². The van der Waals surface area contributed by atoms with Crippen LogP contribution in [0.25, 0.3) is 6.08 Å². The van der Waals surface area contributed by atoms with E-state index in [0.29, 0.717) is 16.8 Å². The van der Waals surface area contributed by atoms with Crippen LogP contribution in [0.15, 0.2) is 46.3 Å². The van der Waals surface area contributed by atoms with Crippen LogP contribution in [0.5, 0.6) is 17.2 Å². The van der Waals surface area contributed by atoms with Gasteiger partial charge in [-0.15, -0.1) is 0 Å². The van der Waals surface area contributed by atoms with Crippen LogP contribution in [0.4, 0.5) is 13.2 Å². The molecule has 0 atom stereocenters. The number of halogens is 3. The Balaban J connectivity index is 1.86. The summed E-state index contributed by atoms with van der Waals surface area (Å²) >= 11 is 1.07. The molecule has 1 aliphatic heterocycles. The smallest absolute Gasteiger partial charge is 0.420 e. The second-order valence-corrected chi connectivity index (χ2v) is 8.09. The van der Waals surface area contributed by atoms with E-state index in [1.54, 1.807) is 11.0 Å². The van der Waals surface area contributed by atoms with Crippen LogP contribution in [0.2, 0.25) is 0 Å². The average molecular weight is 507 g/mol. The van der Waals surface area contributed by atoms with E-state index in [0.717, 1.165) is 17.8 Å². The van der Waals surface area contributed by atoms with E-state index >= 15 is 0 Å². The van der Waals surface area contributed by atoms with E-state index < -0.39 is 23.4 Å². The van der Waals surface area contributed by atoms with Gasteiger partial charge < -0.3 is 24.6 Å². The lowest BCUT2D eigenvalue weighted by Gasteiger charge is -2.20. The first-order chi connectivity index (χ1) is 16.7. The van der Waals surface area contributed by atoms with Crippen LogP contribution in [0, 0.1) is 11.3 Å². The van der Waals surface area contributed by atoms with Gasteiger partial charge in [0, 0.05) is 13.1 Å². The minimum absolute atomic E-state index is 0.00395. The molecule has 3 rings (SSSR count). The lowest BCUT2D eigenvalue weighted by molar-refractivity contribution is -0.138. The van der Waals surface area contributed by atoms with Crippen molar-refractivity contribution in [1.29, 1.82) is 5.26 Å². The zero-order valence-electron chi connectivity index (χ0n) is 18.4. The molecule has 35 heavy (non-hydrogen) atoms. The highest BCUT2D eigenvalue weighted by Gasteiger charge is 2.35. The maximum absolute atomic E-state index is 13.5. The number of nitriles is 1. The molecule has 1 amide bonds. The maximum Gasteiger partial charge on any atom is 0.420 e. The van der Waals surface area contributed by atoms with E-state index in [4.69, 9.17) is 14.7 Å². The van der Waals surface area contributed by atoms with Crippen molar-refractivity contribution in [3.63, 3.8) is 0 Å². The summed E-state index contributed by atoms with van der Waals surface area (Å²) in [6.07, 6.45) is -3.20. The topological polar surface area (TPSA) is 115 Å². The third kappa shape index (κ3) is 6.33. The zero-order valence-corrected chi connectivity index (χ0v) is 19.2. The minimum atomic E-state index is -4.74. The number of ether oxygens (including phenoxy) is 2. The molecule has 2 aromatic rings. The minimum Gasteiger partial charge on any atom is -0.493 e. The van der Waals surface area contributed by atoms with Crippen LogP contribution < -0.4 is 9.47 Å². The van der Waals surface area contributed by atoms with Gasteiger partial charge in [-0.3, -0.25) is 4.79 Å². The maximum atomic E-state index is 13.5. The summed E-state index contributed by atoms with van der Waals surface area (Å²) in [4.78, 5) is 18.2. The van der Waals surface area contributed by atoms with Crippen molar-refractivity contribution in [1.82, 2.24) is 4.90 Å². The number of rotatable bonds is 8. The fraction of sp³-hybridized carbons (Fsp3) is 0.261. The number of aliphatic hydroxyl groups excluding tert-OH is 2. The molecule has 0 spiro atoms. The van der Waals surface area contributed by atoms with Crippen LogP contribution in [-0.4, -0.2) is 59.6 Å². The Hall–Kier alpha value is -3.53. The molecule has 2 N–H and O–H groups in total. The first-order valence-electron chi connectivity index (χ1n) is 10.2. The molecule has 12 heteroatoms. The molecule has 2 aromatic carbocycles. The Kier molecular flexibility index (Phi) is 8.39. The number of thioether (sulfide) groups is 1. The number of carbonyl (C=O) groups is 1. The van der Waals surface area contributed by atoms with E-state index in [2.05, 4.69) is 4.99 Å². The van der Waals surface area contributed by atoms with Gasteiger partial charge in [-0.25, -0.2) is 0 Å². The molecule has 0 radical (unpaired) electrons. The molecule has 8 nitrogen and oxygen atoms in total. The van der Waals surface area contributed by atoms with Gasteiger partial charge in [-0.05, 0) is 53.7 Å². The third-order valence-electron chi connectivity index (χ3n) is 4.74. The summed E-state index contributed by atoms with van der Waals surface area (Å²) in [6, 6.07) is 9.08. The van der Waals surface area contributed by atoms with Crippen LogP contribution in [-0.2, 0) is 11.0 Å². The second kappa shape index (κ2) is 11.3. The first-order valence-corrected chi connectivity index (χ1v) is 11.0. The molecule has 184 valence electrons. The van der Waals surface area contributed by atoms with E-state index in [9.17, 15) is 28.2 Å². The number of carbonyl (C=O) groups excluding carboxylic acids is 1. The molecule has 0 unspecified atom stereocenters. The van der Waals surface area contributed by atoms with Crippen molar-refractivity contribution in [2.45, 2.75) is 6.18 Å². The monoisotopic (exact) mass is 507 g/mol. The number of alkyl halides is 3. The summed E-state index contributed by atoms with van der Waals surface area (Å²) in [5, 5.41) is 27.6. The summed E-state index contributed by atoms with van der Waals surface area (Å²) in [5.41, 5.74) is -0.749. The number of aliphatic hydroxyl groups is 2. The first kappa shape index (κ1) is 26.1. The van der Waals surface area contributed by atoms with Gasteiger partial charge in [0.2, 0.25) is 0 Å². The van der Waals surface area contributed by atoms with Gasteiger partial charge in [0.25, 0.3) is 5.91 Å². The highest BCUT2D eigenvalue weighted by atomic mass is 32.2. The summed E-state index contributed by atoms with van der Waals surface area (Å²) in [6.45, 7) is 0.0334. The lowest BCUT2D eigenvalue weighted by atomic mass is 10.1. The van der Waals surface area contributed by atoms with Crippen LogP contribution in [0.1, 0.15) is 16.7 Å². The standard InChI is InChI=1S/C23H20F3N3O5S/c1-33-19-11-14(12-20-21(32)28-22(35-20)29(6-8-30)7-9-31)2-5-18(19)34-17-4-3-15(13-27)10-16(17)23(24,25)26/h2-5,10-12,30-31H,6-9H2,1H3. The molecule has 0 saturated carbocycles. The Morgan fingerprint density at radius 3 is 2.40 bits per heavy atom. The predicted octanol–water partition coefficient (Wildman–Crippen LogP) is 3.63. The number of hydrogen-bond acceptors (Lipinski definition) is 8. The van der Waals surface area contributed by atoms with Crippen LogP contribution in [0.3, 0.4) is 0 Å². The molecule has 0 aromatic heterocycles. The Morgan fingerprint density at radius 2 is 1.80 bits per heavy atom. The highest BCUT2D eigenvalue weighted by Crippen LogP contribution is 2.41. The van der Waals surface area contributed by atoms with Gasteiger partial charge in [0.05, 0.1) is 42.4 Å². The average Bonchev–Trinajstić information content (AvgIpc) is 3.19. The molecule has 0 fully saturated rings. The zero-order chi connectivity index (χ0) is 25.6. The van der Waals surface area contributed by atoms with E-state index in [1.165, 1.54) is 37.5 Å². The van der Waals surface area contributed by atoms with Crippen molar-refractivity contribution in [3.8, 4) is 23.3 Å². The summed E-state index contributed by atoms with van der Waals surface area (Å²) < 4.78 is 51.1. The number of methoxy groups -OCH3 is 1. The Bertz CT molecular complexity index is 1200. The molecule has 0 saturated heterocycles. The van der Waals surface area contributed by atoms with Crippen molar-refractivity contribution < 1.29 is 37.7 Å². The quantitative estimate of drug-likeness (QED) is 0.521. The van der Waals surface area contributed by atoms with Gasteiger partial charge in [0.1, 0.15) is 5.75 Å². The number of amides is 1. The number of hydrogen-bond donors (Lipinski definition) is 2. The molecule has 1 aliphatic rings. The lowest BCUT2D eigenvalue weighted by Crippen LogP contribution is -2.33. The number of aliphatic imine (C=N–C) groups is 1. The SMILES string of the molecule is COc1cc(C=C2SC(N(CCO)CCO)=NC2=O)ccc1Oc1ccc(C#N)cc1C(F)(F)F. The molecule has 0 aliphatic carbocycles. The second-order valence-electron chi connectivity index (χ2n) is 7.08. The molecule has 1 heterocycles. The summed E-state index contributed by atoms with van der Waals surface area (Å²) in [7, 11) is 1.32. The van der Waals surface area contributed by atoms with Gasteiger partial charge in [-0.1, -0.05) is 6.07 Å². The fourth-order valence-corrected chi connectivity index (χ4v) is 4.08. The van der Waals surface area contributed by atoms with E-state index in [-0.39, 0.29) is 48.3 Å². The van der Waals surface area contributed by atoms with Crippen LogP contribution >= 0.6 is 11.8 Å². The highest BCUT2D eigenvalue weighted by molar-refractivity contribution is 8.18. The largest absolute Gasteiger partial charge is 0.493 e. The van der Waals surface area contributed by atoms with Crippen molar-refractivity contribution in [2.24, 2.45) is 4.99 Å². The fourth-order valence-electron chi connectivity index (χ4n) is 3.12. The van der Waals surface area contributed by atoms with Gasteiger partial charge in [-0.2, -0.15) is 23.4 Å². The Labute approximate surface area is 202 Å². The van der Waals surface area contributed by atoms with Gasteiger partial charge in [0.15, 0.2) is 16.7 Å². The van der Waals surface area contributed by atoms with Crippen molar-refractivity contribution in [3.05, 3.63) is 58.0 Å². The molecular formula is C23H20F3N3O5S. The normalized spacial score (nSPS) is 14.6. The number of amidine groups is 1. The molecule has 0 bridgehead atoms. The van der Waals surface area contributed by atoms with Crippen molar-refractivity contribution in [2.75, 3.05) is 33.4 Å². The van der Waals surface area contributed by atoms with Crippen molar-refractivity contribution >= 4 is 28.9 Å². The molecular weight excluding hydrogens is 487 g/mol. The third-order valence-corrected chi connectivity index (χ3v) is 5.78. The Morgan fingerprint density at radius 1 is 1.11 bits per heavy atom. The summed E-state index contributed by atoms with van der Waals surface area (Å²) in [5.74, 6) is -0.870. The number of nitrogens with zero attached hydrogens (tertiary/aromatic N) is 3. The number of benzene rings is 2. The van der Waals surface area contributed by atoms with Gasteiger partial charge >= 0.3 is 6.18 Å².